The Kier molecular flexibility index (Phi) is 6.42. The number of hydrogen-bond donors (Lipinski definition) is 1. The Hall–Kier alpha value is -2.72. The van der Waals surface area contributed by atoms with Crippen molar-refractivity contribution in [1.29, 1.82) is 0 Å². The molecular weight excluding hydrogens is 408 g/mol. The van der Waals surface area contributed by atoms with E-state index in [1.807, 2.05) is 0 Å². The maximum Gasteiger partial charge on any atom is 0.257 e. The summed E-state index contributed by atoms with van der Waals surface area (Å²) in [6, 6.07) is 8.15. The van der Waals surface area contributed by atoms with Gasteiger partial charge in [0.15, 0.2) is 4.34 Å². The number of carbonyl (C=O) groups excluding carboxylic acids is 1. The first-order valence-corrected chi connectivity index (χ1v) is 9.72. The first-order valence-electron chi connectivity index (χ1n) is 7.92. The van der Waals surface area contributed by atoms with Crippen LogP contribution in [0, 0.1) is 11.6 Å². The van der Waals surface area contributed by atoms with Gasteiger partial charge in [-0.2, -0.15) is 0 Å². The zero-order valence-corrected chi connectivity index (χ0v) is 16.5. The molecule has 3 aromatic rings. The Labute approximate surface area is 167 Å². The van der Waals surface area contributed by atoms with Crippen molar-refractivity contribution in [3.05, 3.63) is 59.2 Å². The summed E-state index contributed by atoms with van der Waals surface area (Å²) in [5.74, 6) is -0.355. The highest BCUT2D eigenvalue weighted by Crippen LogP contribution is 2.29. The van der Waals surface area contributed by atoms with Crippen LogP contribution >= 0.6 is 23.1 Å². The van der Waals surface area contributed by atoms with Crippen molar-refractivity contribution in [2.75, 3.05) is 19.5 Å². The molecule has 3 rings (SSSR count). The highest BCUT2D eigenvalue weighted by atomic mass is 32.2. The molecule has 0 radical (unpaired) electrons. The Morgan fingerprint density at radius 2 is 1.68 bits per heavy atom. The number of methoxy groups -OCH3 is 2. The minimum Gasteiger partial charge on any atom is -0.497 e. The third kappa shape index (κ3) is 5.17. The van der Waals surface area contributed by atoms with Crippen LogP contribution in [0.15, 0.2) is 40.7 Å². The fourth-order valence-corrected chi connectivity index (χ4v) is 3.94. The average molecular weight is 423 g/mol. The van der Waals surface area contributed by atoms with Gasteiger partial charge in [-0.15, -0.1) is 10.2 Å². The van der Waals surface area contributed by atoms with E-state index in [0.717, 1.165) is 17.4 Å². The summed E-state index contributed by atoms with van der Waals surface area (Å²) in [5, 5.41) is 10.9. The Morgan fingerprint density at radius 3 is 2.29 bits per heavy atom. The third-order valence-electron chi connectivity index (χ3n) is 3.53. The van der Waals surface area contributed by atoms with Crippen molar-refractivity contribution >= 4 is 34.1 Å². The fraction of sp³-hybridized carbons (Fsp3) is 0.167. The zero-order valence-electron chi connectivity index (χ0n) is 14.9. The summed E-state index contributed by atoms with van der Waals surface area (Å²) >= 11 is 2.43. The molecule has 6 nitrogen and oxygen atoms in total. The van der Waals surface area contributed by atoms with Gasteiger partial charge in [0, 0.05) is 23.4 Å². The summed E-state index contributed by atoms with van der Waals surface area (Å²) in [5.41, 5.74) is 0.836. The van der Waals surface area contributed by atoms with E-state index in [-0.39, 0.29) is 0 Å². The molecule has 0 fully saturated rings. The van der Waals surface area contributed by atoms with E-state index in [1.54, 1.807) is 18.2 Å². The quantitative estimate of drug-likeness (QED) is 0.449. The first kappa shape index (κ1) is 20.0. The topological polar surface area (TPSA) is 73.3 Å². The van der Waals surface area contributed by atoms with E-state index < -0.39 is 17.5 Å². The van der Waals surface area contributed by atoms with Gasteiger partial charge in [0.05, 0.1) is 14.2 Å². The van der Waals surface area contributed by atoms with Gasteiger partial charge >= 0.3 is 0 Å². The lowest BCUT2D eigenvalue weighted by molar-refractivity contribution is 0.102. The molecule has 2 aromatic carbocycles. The van der Waals surface area contributed by atoms with Gasteiger partial charge in [0.1, 0.15) is 23.1 Å². The van der Waals surface area contributed by atoms with Crippen molar-refractivity contribution in [3.8, 4) is 11.5 Å². The van der Waals surface area contributed by atoms with E-state index in [4.69, 9.17) is 9.47 Å². The number of benzene rings is 2. The van der Waals surface area contributed by atoms with E-state index in [1.165, 1.54) is 38.1 Å². The van der Waals surface area contributed by atoms with Crippen LogP contribution < -0.4 is 14.8 Å². The maximum absolute atomic E-state index is 13.2. The van der Waals surface area contributed by atoms with Crippen LogP contribution in [0.3, 0.4) is 0 Å². The number of halogens is 2. The van der Waals surface area contributed by atoms with Crippen LogP contribution in [0.25, 0.3) is 0 Å². The molecule has 1 N–H and O–H groups in total. The molecule has 146 valence electrons. The average Bonchev–Trinajstić information content (AvgIpc) is 3.12. The molecule has 0 bridgehead atoms. The number of anilines is 1. The molecule has 1 aromatic heterocycles. The highest BCUT2D eigenvalue weighted by Gasteiger charge is 2.13. The van der Waals surface area contributed by atoms with Gasteiger partial charge in [-0.05, 0) is 29.8 Å². The van der Waals surface area contributed by atoms with Crippen LogP contribution in [0.4, 0.5) is 13.9 Å². The van der Waals surface area contributed by atoms with Crippen LogP contribution in [-0.2, 0) is 5.75 Å². The molecule has 28 heavy (non-hydrogen) atoms. The second-order valence-electron chi connectivity index (χ2n) is 5.49. The summed E-state index contributed by atoms with van der Waals surface area (Å²) in [6.45, 7) is 0. The van der Waals surface area contributed by atoms with Crippen molar-refractivity contribution in [3.63, 3.8) is 0 Å². The maximum atomic E-state index is 13.2. The SMILES string of the molecule is COc1cc(OC)cc(C(=O)Nc2nnc(SCc3cc(F)cc(F)c3)s2)c1. The number of thioether (sulfide) groups is 1. The fourth-order valence-electron chi connectivity index (χ4n) is 2.27. The van der Waals surface area contributed by atoms with Crippen LogP contribution in [0.1, 0.15) is 15.9 Å². The lowest BCUT2D eigenvalue weighted by Gasteiger charge is -2.07. The molecule has 0 aliphatic heterocycles. The van der Waals surface area contributed by atoms with E-state index in [9.17, 15) is 13.6 Å². The largest absolute Gasteiger partial charge is 0.497 e. The summed E-state index contributed by atoms with van der Waals surface area (Å²) in [6.07, 6.45) is 0. The van der Waals surface area contributed by atoms with Gasteiger partial charge in [-0.1, -0.05) is 23.1 Å². The normalized spacial score (nSPS) is 10.6. The third-order valence-corrected chi connectivity index (χ3v) is 5.57. The molecule has 0 atom stereocenters. The second-order valence-corrected chi connectivity index (χ2v) is 7.69. The molecule has 0 saturated heterocycles. The van der Waals surface area contributed by atoms with E-state index in [2.05, 4.69) is 15.5 Å². The highest BCUT2D eigenvalue weighted by molar-refractivity contribution is 8.00. The minimum absolute atomic E-state index is 0.305. The van der Waals surface area contributed by atoms with Crippen LogP contribution in [-0.4, -0.2) is 30.3 Å². The molecule has 0 aliphatic rings. The molecule has 10 heteroatoms. The zero-order chi connectivity index (χ0) is 20.1. The van der Waals surface area contributed by atoms with Crippen molar-refractivity contribution in [2.24, 2.45) is 0 Å². The molecule has 0 unspecified atom stereocenters. The number of carbonyl (C=O) groups is 1. The molecule has 1 amide bonds. The minimum atomic E-state index is -0.630. The molecular formula is C18H15F2N3O3S2. The second kappa shape index (κ2) is 8.98. The van der Waals surface area contributed by atoms with Crippen LogP contribution in [0.2, 0.25) is 0 Å². The number of hydrogen-bond acceptors (Lipinski definition) is 7. The Bertz CT molecular complexity index is 955. The lowest BCUT2D eigenvalue weighted by atomic mass is 10.2. The van der Waals surface area contributed by atoms with Gasteiger partial charge in [-0.3, -0.25) is 10.1 Å². The van der Waals surface area contributed by atoms with Crippen molar-refractivity contribution < 1.29 is 23.0 Å². The van der Waals surface area contributed by atoms with Gasteiger partial charge in [0.2, 0.25) is 5.13 Å². The Morgan fingerprint density at radius 1 is 1.04 bits per heavy atom. The van der Waals surface area contributed by atoms with Gasteiger partial charge in [-0.25, -0.2) is 8.78 Å². The number of amides is 1. The smallest absolute Gasteiger partial charge is 0.257 e. The Balaban J connectivity index is 1.65. The molecule has 1 heterocycles. The van der Waals surface area contributed by atoms with Gasteiger partial charge < -0.3 is 9.47 Å². The number of aromatic nitrogens is 2. The van der Waals surface area contributed by atoms with Gasteiger partial charge in [0.25, 0.3) is 5.91 Å². The van der Waals surface area contributed by atoms with E-state index in [0.29, 0.717) is 37.8 Å². The van der Waals surface area contributed by atoms with Crippen molar-refractivity contribution in [1.82, 2.24) is 10.2 Å². The van der Waals surface area contributed by atoms with Crippen molar-refractivity contribution in [2.45, 2.75) is 10.1 Å². The monoisotopic (exact) mass is 423 g/mol. The number of rotatable bonds is 7. The predicted octanol–water partition coefficient (Wildman–Crippen LogP) is 4.38. The van der Waals surface area contributed by atoms with E-state index >= 15 is 0 Å². The number of nitrogens with zero attached hydrogens (tertiary/aromatic N) is 2. The summed E-state index contributed by atoms with van der Waals surface area (Å²) < 4.78 is 37.3. The molecule has 0 spiro atoms. The molecule has 0 aliphatic carbocycles. The van der Waals surface area contributed by atoms with Crippen LogP contribution in [0.5, 0.6) is 11.5 Å². The first-order chi connectivity index (χ1) is 13.5. The molecule has 0 saturated carbocycles. The standard InChI is InChI=1S/C18H15F2N3O3S2/c1-25-14-5-11(6-15(8-14)26-2)16(24)21-17-22-23-18(28-17)27-9-10-3-12(19)7-13(20)4-10/h3-8H,9H2,1-2H3,(H,21,22,24). The number of nitrogens with one attached hydrogen (secondary N) is 1. The summed E-state index contributed by atoms with van der Waals surface area (Å²) in [7, 11) is 2.99. The summed E-state index contributed by atoms with van der Waals surface area (Å²) in [4.78, 5) is 12.4. The lowest BCUT2D eigenvalue weighted by Crippen LogP contribution is -2.12. The predicted molar refractivity (Wildman–Crippen MR) is 103 cm³/mol. The number of ether oxygens (including phenoxy) is 2.